The average molecular weight is 263 g/mol. The standard InChI is InChI=1S/C10H17NO5S/c12-10(13)9-4-3-8(16-9)5-11-17(14,15)6-7-1-2-7/h7-9,11H,1-6H2,(H,12,13). The summed E-state index contributed by atoms with van der Waals surface area (Å²) in [5, 5.41) is 8.72. The number of hydrogen-bond acceptors (Lipinski definition) is 4. The van der Waals surface area contributed by atoms with E-state index in [1.165, 1.54) is 0 Å². The molecule has 0 spiro atoms. The molecule has 17 heavy (non-hydrogen) atoms. The molecule has 1 saturated carbocycles. The van der Waals surface area contributed by atoms with Crippen LogP contribution in [0.5, 0.6) is 0 Å². The van der Waals surface area contributed by atoms with Crippen LogP contribution in [0.1, 0.15) is 25.7 Å². The van der Waals surface area contributed by atoms with Crippen LogP contribution in [0.15, 0.2) is 0 Å². The molecule has 2 unspecified atom stereocenters. The lowest BCUT2D eigenvalue weighted by Crippen LogP contribution is -2.34. The second kappa shape index (κ2) is 4.91. The molecule has 1 aliphatic heterocycles. The number of carboxylic acids is 1. The molecule has 98 valence electrons. The third-order valence-corrected chi connectivity index (χ3v) is 4.58. The highest BCUT2D eigenvalue weighted by atomic mass is 32.2. The summed E-state index contributed by atoms with van der Waals surface area (Å²) >= 11 is 0. The van der Waals surface area contributed by atoms with Crippen molar-refractivity contribution in [2.24, 2.45) is 5.92 Å². The first-order valence-electron chi connectivity index (χ1n) is 5.82. The minimum atomic E-state index is -3.22. The average Bonchev–Trinajstić information content (AvgIpc) is 2.90. The molecular weight excluding hydrogens is 246 g/mol. The number of aliphatic carboxylic acids is 1. The van der Waals surface area contributed by atoms with Crippen LogP contribution in [0.4, 0.5) is 0 Å². The Morgan fingerprint density at radius 2 is 2.00 bits per heavy atom. The zero-order valence-electron chi connectivity index (χ0n) is 9.46. The molecule has 6 nitrogen and oxygen atoms in total. The van der Waals surface area contributed by atoms with Crippen LogP contribution in [0.3, 0.4) is 0 Å². The van der Waals surface area contributed by atoms with Gasteiger partial charge >= 0.3 is 5.97 Å². The van der Waals surface area contributed by atoms with Crippen LogP contribution in [-0.2, 0) is 19.6 Å². The van der Waals surface area contributed by atoms with Gasteiger partial charge in [0.25, 0.3) is 0 Å². The molecule has 2 N–H and O–H groups in total. The molecule has 2 rings (SSSR count). The maximum atomic E-state index is 11.6. The first-order chi connectivity index (χ1) is 7.96. The largest absolute Gasteiger partial charge is 0.479 e. The van der Waals surface area contributed by atoms with Crippen molar-refractivity contribution in [2.45, 2.75) is 37.9 Å². The van der Waals surface area contributed by atoms with Crippen molar-refractivity contribution in [3.63, 3.8) is 0 Å². The monoisotopic (exact) mass is 263 g/mol. The predicted octanol–water partition coefficient (Wildman–Crippen LogP) is -0.0520. The molecule has 7 heteroatoms. The molecule has 2 fully saturated rings. The van der Waals surface area contributed by atoms with Crippen LogP contribution in [0.2, 0.25) is 0 Å². The minimum Gasteiger partial charge on any atom is -0.479 e. The Morgan fingerprint density at radius 1 is 1.29 bits per heavy atom. The van der Waals surface area contributed by atoms with E-state index in [0.717, 1.165) is 12.8 Å². The maximum Gasteiger partial charge on any atom is 0.332 e. The number of sulfonamides is 1. The highest BCUT2D eigenvalue weighted by molar-refractivity contribution is 7.89. The fourth-order valence-corrected chi connectivity index (χ4v) is 3.42. The molecule has 1 aliphatic carbocycles. The SMILES string of the molecule is O=C(O)C1CCC(CNS(=O)(=O)CC2CC2)O1. The Morgan fingerprint density at radius 3 is 2.53 bits per heavy atom. The van der Waals surface area contributed by atoms with Gasteiger partial charge in [0.15, 0.2) is 6.10 Å². The summed E-state index contributed by atoms with van der Waals surface area (Å²) in [6.07, 6.45) is 1.91. The van der Waals surface area contributed by atoms with Gasteiger partial charge in [-0.15, -0.1) is 0 Å². The Hall–Kier alpha value is -0.660. The summed E-state index contributed by atoms with van der Waals surface area (Å²) in [6.45, 7) is 0.179. The van der Waals surface area contributed by atoms with Crippen molar-refractivity contribution in [3.8, 4) is 0 Å². The fraction of sp³-hybridized carbons (Fsp3) is 0.900. The van der Waals surface area contributed by atoms with Crippen LogP contribution in [-0.4, -0.2) is 44.0 Å². The summed E-state index contributed by atoms with van der Waals surface area (Å²) in [5.41, 5.74) is 0. The second-order valence-electron chi connectivity index (χ2n) is 4.74. The van der Waals surface area contributed by atoms with Crippen LogP contribution in [0.25, 0.3) is 0 Å². The number of nitrogens with one attached hydrogen (secondary N) is 1. The molecule has 1 heterocycles. The van der Waals surface area contributed by atoms with E-state index in [9.17, 15) is 13.2 Å². The van der Waals surface area contributed by atoms with Gasteiger partial charge in [-0.1, -0.05) is 0 Å². The predicted molar refractivity (Wildman–Crippen MR) is 60.0 cm³/mol. The van der Waals surface area contributed by atoms with Gasteiger partial charge in [0.1, 0.15) is 0 Å². The third kappa shape index (κ3) is 3.93. The number of carbonyl (C=O) groups is 1. The number of ether oxygens (including phenoxy) is 1. The summed E-state index contributed by atoms with van der Waals surface area (Å²) < 4.78 is 30.8. The van der Waals surface area contributed by atoms with Gasteiger partial charge < -0.3 is 9.84 Å². The lowest BCUT2D eigenvalue weighted by atomic mass is 10.2. The molecule has 1 saturated heterocycles. The van der Waals surface area contributed by atoms with Crippen molar-refractivity contribution >= 4 is 16.0 Å². The zero-order chi connectivity index (χ0) is 12.5. The minimum absolute atomic E-state index is 0.179. The van der Waals surface area contributed by atoms with E-state index in [-0.39, 0.29) is 18.4 Å². The molecule has 2 aliphatic rings. The van der Waals surface area contributed by atoms with E-state index in [1.54, 1.807) is 0 Å². The summed E-state index contributed by atoms with van der Waals surface area (Å²) in [4.78, 5) is 10.6. The first kappa shape index (κ1) is 12.8. The van der Waals surface area contributed by atoms with Gasteiger partial charge in [-0.2, -0.15) is 0 Å². The maximum absolute atomic E-state index is 11.6. The van der Waals surface area contributed by atoms with Crippen LogP contribution in [0, 0.1) is 5.92 Å². The van der Waals surface area contributed by atoms with Crippen LogP contribution >= 0.6 is 0 Å². The van der Waals surface area contributed by atoms with E-state index in [4.69, 9.17) is 9.84 Å². The van der Waals surface area contributed by atoms with Gasteiger partial charge in [-0.05, 0) is 31.6 Å². The van der Waals surface area contributed by atoms with Gasteiger partial charge in [0.05, 0.1) is 11.9 Å². The molecular formula is C10H17NO5S. The molecule has 0 bridgehead atoms. The first-order valence-corrected chi connectivity index (χ1v) is 7.47. The lowest BCUT2D eigenvalue weighted by Gasteiger charge is -2.12. The molecule has 0 amide bonds. The van der Waals surface area contributed by atoms with Crippen molar-refractivity contribution in [2.75, 3.05) is 12.3 Å². The topological polar surface area (TPSA) is 92.7 Å². The van der Waals surface area contributed by atoms with E-state index < -0.39 is 22.1 Å². The Balaban J connectivity index is 1.73. The van der Waals surface area contributed by atoms with E-state index in [0.29, 0.717) is 18.8 Å². The third-order valence-electron chi connectivity index (χ3n) is 3.07. The molecule has 0 aromatic heterocycles. The van der Waals surface area contributed by atoms with Gasteiger partial charge in [-0.25, -0.2) is 17.9 Å². The molecule has 0 aromatic carbocycles. The quantitative estimate of drug-likeness (QED) is 0.700. The second-order valence-corrected chi connectivity index (χ2v) is 6.59. The van der Waals surface area contributed by atoms with E-state index >= 15 is 0 Å². The Bertz CT molecular complexity index is 390. The number of rotatable bonds is 6. The highest BCUT2D eigenvalue weighted by Crippen LogP contribution is 2.30. The number of hydrogen-bond donors (Lipinski definition) is 2. The molecule has 0 radical (unpaired) electrons. The Labute approximate surface area is 100 Å². The van der Waals surface area contributed by atoms with Gasteiger partial charge in [0, 0.05) is 6.54 Å². The van der Waals surface area contributed by atoms with Gasteiger partial charge in [-0.3, -0.25) is 0 Å². The van der Waals surface area contributed by atoms with Gasteiger partial charge in [0.2, 0.25) is 10.0 Å². The normalized spacial score (nSPS) is 29.4. The van der Waals surface area contributed by atoms with Crippen molar-refractivity contribution in [1.82, 2.24) is 4.72 Å². The number of carboxylic acid groups (broad SMARTS) is 1. The summed E-state index contributed by atoms with van der Waals surface area (Å²) in [5.74, 6) is -0.487. The van der Waals surface area contributed by atoms with Crippen molar-refractivity contribution in [1.29, 1.82) is 0 Å². The zero-order valence-corrected chi connectivity index (χ0v) is 10.3. The highest BCUT2D eigenvalue weighted by Gasteiger charge is 2.32. The summed E-state index contributed by atoms with van der Waals surface area (Å²) in [7, 11) is -3.22. The van der Waals surface area contributed by atoms with E-state index in [1.807, 2.05) is 0 Å². The Kier molecular flexibility index (Phi) is 3.70. The van der Waals surface area contributed by atoms with E-state index in [2.05, 4.69) is 4.72 Å². The van der Waals surface area contributed by atoms with Crippen LogP contribution < -0.4 is 4.72 Å². The smallest absolute Gasteiger partial charge is 0.332 e. The lowest BCUT2D eigenvalue weighted by molar-refractivity contribution is -0.149. The summed E-state index contributed by atoms with van der Waals surface area (Å²) in [6, 6.07) is 0. The van der Waals surface area contributed by atoms with Crippen molar-refractivity contribution in [3.05, 3.63) is 0 Å². The molecule has 0 aromatic rings. The fourth-order valence-electron chi connectivity index (χ4n) is 1.91. The van der Waals surface area contributed by atoms with Crippen molar-refractivity contribution < 1.29 is 23.1 Å². The molecule has 2 atom stereocenters.